The van der Waals surface area contributed by atoms with Crippen molar-refractivity contribution in [3.8, 4) is 5.75 Å². The average molecular weight is 404 g/mol. The molecule has 0 unspecified atom stereocenters. The molecule has 1 aliphatic heterocycles. The lowest BCUT2D eigenvalue weighted by atomic mass is 10.1. The minimum Gasteiger partial charge on any atom is -0.483 e. The zero-order chi connectivity index (χ0) is 20.1. The van der Waals surface area contributed by atoms with Crippen molar-refractivity contribution in [2.75, 3.05) is 39.3 Å². The first-order valence-electron chi connectivity index (χ1n) is 9.53. The number of carbonyl (C=O) groups excluding carboxylic acids is 2. The molecule has 7 heteroatoms. The zero-order valence-electron chi connectivity index (χ0n) is 16.3. The number of nitrogens with zero attached hydrogens (tertiary/aromatic N) is 2. The van der Waals surface area contributed by atoms with E-state index in [0.717, 1.165) is 10.8 Å². The summed E-state index contributed by atoms with van der Waals surface area (Å²) in [6.07, 6.45) is 0. The second-order valence-electron chi connectivity index (χ2n) is 7.26. The van der Waals surface area contributed by atoms with Crippen LogP contribution in [0.25, 0.3) is 10.8 Å². The summed E-state index contributed by atoms with van der Waals surface area (Å²) in [5.41, 5.74) is 0. The van der Waals surface area contributed by atoms with E-state index in [9.17, 15) is 9.59 Å². The normalized spacial score (nSPS) is 15.1. The summed E-state index contributed by atoms with van der Waals surface area (Å²) >= 11 is 6.23. The largest absolute Gasteiger partial charge is 0.483 e. The third-order valence-corrected chi connectivity index (χ3v) is 5.05. The van der Waals surface area contributed by atoms with Crippen molar-refractivity contribution in [3.63, 3.8) is 0 Å². The van der Waals surface area contributed by atoms with Crippen molar-refractivity contribution in [1.82, 2.24) is 15.1 Å². The van der Waals surface area contributed by atoms with E-state index in [1.165, 1.54) is 0 Å². The Morgan fingerprint density at radius 1 is 1.07 bits per heavy atom. The lowest BCUT2D eigenvalue weighted by molar-refractivity contribution is -0.135. The van der Waals surface area contributed by atoms with Crippen LogP contribution in [-0.4, -0.2) is 67.0 Å². The van der Waals surface area contributed by atoms with Gasteiger partial charge in [-0.1, -0.05) is 35.9 Å². The predicted molar refractivity (Wildman–Crippen MR) is 111 cm³/mol. The summed E-state index contributed by atoms with van der Waals surface area (Å²) in [6, 6.07) is 11.4. The molecule has 0 spiro atoms. The number of benzene rings is 2. The fourth-order valence-corrected chi connectivity index (χ4v) is 3.55. The SMILES string of the molecule is CC(C)NC(=O)CN1CCN(C(=O)COc2ccc(Cl)c3ccccc23)CC1. The Hall–Kier alpha value is -2.31. The van der Waals surface area contributed by atoms with Crippen LogP contribution >= 0.6 is 11.6 Å². The van der Waals surface area contributed by atoms with Crippen molar-refractivity contribution in [3.05, 3.63) is 41.4 Å². The van der Waals surface area contributed by atoms with E-state index >= 15 is 0 Å². The first-order chi connectivity index (χ1) is 13.4. The van der Waals surface area contributed by atoms with Gasteiger partial charge < -0.3 is 15.0 Å². The second-order valence-corrected chi connectivity index (χ2v) is 7.67. The third kappa shape index (κ3) is 5.14. The summed E-state index contributed by atoms with van der Waals surface area (Å²) in [5, 5.41) is 5.35. The highest BCUT2D eigenvalue weighted by Crippen LogP contribution is 2.31. The number of amides is 2. The van der Waals surface area contributed by atoms with Crippen molar-refractivity contribution in [1.29, 1.82) is 0 Å². The van der Waals surface area contributed by atoms with E-state index in [4.69, 9.17) is 16.3 Å². The number of nitrogens with one attached hydrogen (secondary N) is 1. The molecule has 0 aromatic heterocycles. The second kappa shape index (κ2) is 9.26. The number of hydrogen-bond acceptors (Lipinski definition) is 4. The maximum Gasteiger partial charge on any atom is 0.260 e. The number of fused-ring (bicyclic) bond motifs is 1. The van der Waals surface area contributed by atoms with Crippen LogP contribution in [0.15, 0.2) is 36.4 Å². The molecule has 28 heavy (non-hydrogen) atoms. The molecule has 0 atom stereocenters. The van der Waals surface area contributed by atoms with Gasteiger partial charge in [0, 0.05) is 48.0 Å². The molecule has 0 saturated carbocycles. The number of halogens is 1. The zero-order valence-corrected chi connectivity index (χ0v) is 17.0. The molecule has 6 nitrogen and oxygen atoms in total. The Morgan fingerprint density at radius 3 is 2.43 bits per heavy atom. The molecule has 3 rings (SSSR count). The van der Waals surface area contributed by atoms with Crippen LogP contribution in [-0.2, 0) is 9.59 Å². The average Bonchev–Trinajstić information content (AvgIpc) is 2.67. The van der Waals surface area contributed by atoms with Crippen LogP contribution in [0.4, 0.5) is 0 Å². The Kier molecular flexibility index (Phi) is 6.75. The quantitative estimate of drug-likeness (QED) is 0.805. The van der Waals surface area contributed by atoms with Gasteiger partial charge in [0.2, 0.25) is 5.91 Å². The van der Waals surface area contributed by atoms with Crippen molar-refractivity contribution < 1.29 is 14.3 Å². The smallest absolute Gasteiger partial charge is 0.260 e. The molecule has 150 valence electrons. The first-order valence-corrected chi connectivity index (χ1v) is 9.91. The molecule has 1 heterocycles. The maximum absolute atomic E-state index is 12.5. The van der Waals surface area contributed by atoms with Crippen LogP contribution in [0, 0.1) is 0 Å². The minimum absolute atomic E-state index is 0.0144. The van der Waals surface area contributed by atoms with Gasteiger partial charge in [-0.15, -0.1) is 0 Å². The molecular formula is C21H26ClN3O3. The van der Waals surface area contributed by atoms with E-state index in [0.29, 0.717) is 43.5 Å². The lowest BCUT2D eigenvalue weighted by Gasteiger charge is -2.34. The Morgan fingerprint density at radius 2 is 1.75 bits per heavy atom. The van der Waals surface area contributed by atoms with E-state index in [-0.39, 0.29) is 24.5 Å². The molecular weight excluding hydrogens is 378 g/mol. The van der Waals surface area contributed by atoms with Gasteiger partial charge in [0.1, 0.15) is 5.75 Å². The van der Waals surface area contributed by atoms with Crippen LogP contribution in [0.1, 0.15) is 13.8 Å². The molecule has 0 radical (unpaired) electrons. The summed E-state index contributed by atoms with van der Waals surface area (Å²) < 4.78 is 5.80. The maximum atomic E-state index is 12.5. The highest BCUT2D eigenvalue weighted by atomic mass is 35.5. The minimum atomic E-state index is -0.0506. The Balaban J connectivity index is 1.50. The highest BCUT2D eigenvalue weighted by molar-refractivity contribution is 6.35. The van der Waals surface area contributed by atoms with Gasteiger partial charge in [-0.3, -0.25) is 14.5 Å². The number of piperazine rings is 1. The van der Waals surface area contributed by atoms with Gasteiger partial charge in [0.15, 0.2) is 6.61 Å². The van der Waals surface area contributed by atoms with Gasteiger partial charge in [-0.2, -0.15) is 0 Å². The molecule has 0 bridgehead atoms. The first kappa shape index (κ1) is 20.4. The summed E-state index contributed by atoms with van der Waals surface area (Å²) in [7, 11) is 0. The van der Waals surface area contributed by atoms with Gasteiger partial charge >= 0.3 is 0 Å². The molecule has 0 aliphatic carbocycles. The van der Waals surface area contributed by atoms with Crippen molar-refractivity contribution >= 4 is 34.2 Å². The van der Waals surface area contributed by atoms with Crippen LogP contribution in [0.5, 0.6) is 5.75 Å². The predicted octanol–water partition coefficient (Wildman–Crippen LogP) is 2.54. The van der Waals surface area contributed by atoms with Gasteiger partial charge in [-0.25, -0.2) is 0 Å². The molecule has 1 fully saturated rings. The number of rotatable bonds is 6. The molecule has 1 aliphatic rings. The molecule has 1 N–H and O–H groups in total. The van der Waals surface area contributed by atoms with Gasteiger partial charge in [-0.05, 0) is 26.0 Å². The summed E-state index contributed by atoms with van der Waals surface area (Å²) in [5.74, 6) is 0.621. The number of ether oxygens (including phenoxy) is 1. The fourth-order valence-electron chi connectivity index (χ4n) is 3.32. The van der Waals surface area contributed by atoms with Gasteiger partial charge in [0.25, 0.3) is 5.91 Å². The number of carbonyl (C=O) groups is 2. The van der Waals surface area contributed by atoms with Crippen LogP contribution < -0.4 is 10.1 Å². The van der Waals surface area contributed by atoms with E-state index in [1.54, 1.807) is 17.0 Å². The molecule has 1 saturated heterocycles. The number of hydrogen-bond donors (Lipinski definition) is 1. The van der Waals surface area contributed by atoms with E-state index < -0.39 is 0 Å². The van der Waals surface area contributed by atoms with Crippen molar-refractivity contribution in [2.45, 2.75) is 19.9 Å². The van der Waals surface area contributed by atoms with Crippen molar-refractivity contribution in [2.24, 2.45) is 0 Å². The monoisotopic (exact) mass is 403 g/mol. The highest BCUT2D eigenvalue weighted by Gasteiger charge is 2.23. The van der Waals surface area contributed by atoms with E-state index in [1.807, 2.05) is 38.1 Å². The van der Waals surface area contributed by atoms with Crippen LogP contribution in [0.3, 0.4) is 0 Å². The molecule has 2 amide bonds. The topological polar surface area (TPSA) is 61.9 Å². The summed E-state index contributed by atoms with van der Waals surface area (Å²) in [6.45, 7) is 6.79. The summed E-state index contributed by atoms with van der Waals surface area (Å²) in [4.78, 5) is 28.2. The standard InChI is InChI=1S/C21H26ClN3O3/c1-15(2)23-20(26)13-24-9-11-25(12-10-24)21(27)14-28-19-8-7-18(22)16-5-3-4-6-17(16)19/h3-8,15H,9-14H2,1-2H3,(H,23,26). The molecule has 2 aromatic carbocycles. The van der Waals surface area contributed by atoms with Gasteiger partial charge in [0.05, 0.1) is 6.54 Å². The van der Waals surface area contributed by atoms with E-state index in [2.05, 4.69) is 10.2 Å². The Bertz CT molecular complexity index is 848. The Labute approximate surface area is 170 Å². The van der Waals surface area contributed by atoms with Crippen LogP contribution in [0.2, 0.25) is 5.02 Å². The third-order valence-electron chi connectivity index (χ3n) is 4.72. The molecule has 2 aromatic rings. The lowest BCUT2D eigenvalue weighted by Crippen LogP contribution is -2.52. The fraction of sp³-hybridized carbons (Fsp3) is 0.429.